The second-order valence-electron chi connectivity index (χ2n) is 4.32. The molecule has 6 nitrogen and oxygen atoms in total. The van der Waals surface area contributed by atoms with E-state index in [1.807, 2.05) is 11.9 Å². The minimum absolute atomic E-state index is 0.227. The molecule has 2 rings (SSSR count). The molecule has 7 heteroatoms. The highest BCUT2D eigenvalue weighted by Gasteiger charge is 2.16. The molecule has 2 heterocycles. The lowest BCUT2D eigenvalue weighted by Gasteiger charge is -2.32. The summed E-state index contributed by atoms with van der Waals surface area (Å²) >= 11 is 0. The number of hydrazine groups is 1. The van der Waals surface area contributed by atoms with Gasteiger partial charge in [0, 0.05) is 32.7 Å². The third-order valence-electron chi connectivity index (χ3n) is 2.85. The summed E-state index contributed by atoms with van der Waals surface area (Å²) in [6.07, 6.45) is 1.18. The van der Waals surface area contributed by atoms with Crippen LogP contribution >= 0.6 is 0 Å². The van der Waals surface area contributed by atoms with E-state index in [1.165, 1.54) is 6.20 Å². The summed E-state index contributed by atoms with van der Waals surface area (Å²) in [7, 11) is 2.08. The summed E-state index contributed by atoms with van der Waals surface area (Å²) in [6, 6.07) is 0. The van der Waals surface area contributed by atoms with E-state index in [0.717, 1.165) is 26.2 Å². The Hall–Kier alpha value is -1.47. The van der Waals surface area contributed by atoms with Crippen LogP contribution in [0.4, 0.5) is 16.2 Å². The van der Waals surface area contributed by atoms with E-state index in [1.54, 1.807) is 0 Å². The zero-order chi connectivity index (χ0) is 13.0. The molecular formula is C11H19FN6. The molecule has 1 saturated heterocycles. The SMILES string of the molecule is CCNc1ncc(F)c(NN2CCN(C)CC2)n1. The van der Waals surface area contributed by atoms with Gasteiger partial charge in [-0.05, 0) is 14.0 Å². The molecule has 0 amide bonds. The molecule has 1 aromatic heterocycles. The predicted octanol–water partition coefficient (Wildman–Crippen LogP) is 0.622. The fourth-order valence-corrected chi connectivity index (χ4v) is 1.76. The molecule has 1 aliphatic rings. The molecule has 2 N–H and O–H groups in total. The van der Waals surface area contributed by atoms with E-state index in [-0.39, 0.29) is 5.82 Å². The van der Waals surface area contributed by atoms with E-state index in [4.69, 9.17) is 0 Å². The van der Waals surface area contributed by atoms with Crippen LogP contribution in [-0.2, 0) is 0 Å². The van der Waals surface area contributed by atoms with Crippen LogP contribution in [-0.4, -0.2) is 59.6 Å². The van der Waals surface area contributed by atoms with Gasteiger partial charge in [0.25, 0.3) is 0 Å². The van der Waals surface area contributed by atoms with Crippen molar-refractivity contribution in [1.82, 2.24) is 19.9 Å². The molecule has 0 spiro atoms. The monoisotopic (exact) mass is 254 g/mol. The Morgan fingerprint density at radius 2 is 2.06 bits per heavy atom. The number of aromatic nitrogens is 2. The zero-order valence-electron chi connectivity index (χ0n) is 10.8. The van der Waals surface area contributed by atoms with Crippen LogP contribution in [0.5, 0.6) is 0 Å². The Kier molecular flexibility index (Phi) is 4.27. The number of likely N-dealkylation sites (N-methyl/N-ethyl adjacent to an activating group) is 1. The van der Waals surface area contributed by atoms with Gasteiger partial charge >= 0.3 is 0 Å². The maximum atomic E-state index is 13.6. The molecule has 0 bridgehead atoms. The molecule has 0 aromatic carbocycles. The Balaban J connectivity index is 2.01. The first kappa shape index (κ1) is 13.0. The number of piperazine rings is 1. The van der Waals surface area contributed by atoms with Crippen LogP contribution in [0, 0.1) is 5.82 Å². The highest BCUT2D eigenvalue weighted by molar-refractivity contribution is 5.40. The maximum absolute atomic E-state index is 13.6. The lowest BCUT2D eigenvalue weighted by atomic mass is 10.4. The first-order valence-electron chi connectivity index (χ1n) is 6.15. The van der Waals surface area contributed by atoms with Crippen LogP contribution < -0.4 is 10.7 Å². The fourth-order valence-electron chi connectivity index (χ4n) is 1.76. The molecule has 18 heavy (non-hydrogen) atoms. The van der Waals surface area contributed by atoms with Crippen molar-refractivity contribution in [2.75, 3.05) is 50.5 Å². The van der Waals surface area contributed by atoms with E-state index in [0.29, 0.717) is 12.5 Å². The first-order chi connectivity index (χ1) is 8.69. The average Bonchev–Trinajstić information content (AvgIpc) is 2.36. The smallest absolute Gasteiger partial charge is 0.224 e. The molecule has 100 valence electrons. The summed E-state index contributed by atoms with van der Waals surface area (Å²) in [5, 5.41) is 4.94. The van der Waals surface area contributed by atoms with E-state index in [9.17, 15) is 4.39 Å². The molecule has 0 atom stereocenters. The summed E-state index contributed by atoms with van der Waals surface area (Å²) in [5.74, 6) is 0.233. The van der Waals surface area contributed by atoms with Gasteiger partial charge in [-0.1, -0.05) is 0 Å². The van der Waals surface area contributed by atoms with Gasteiger partial charge in [-0.3, -0.25) is 0 Å². The largest absolute Gasteiger partial charge is 0.354 e. The van der Waals surface area contributed by atoms with Gasteiger partial charge in [0.2, 0.25) is 5.95 Å². The van der Waals surface area contributed by atoms with E-state index in [2.05, 4.69) is 32.7 Å². The van der Waals surface area contributed by atoms with E-state index < -0.39 is 5.82 Å². The summed E-state index contributed by atoms with van der Waals surface area (Å²) in [6.45, 7) is 6.26. The minimum atomic E-state index is -0.435. The van der Waals surface area contributed by atoms with Crippen molar-refractivity contribution < 1.29 is 4.39 Å². The van der Waals surface area contributed by atoms with Gasteiger partial charge in [-0.15, -0.1) is 0 Å². The Morgan fingerprint density at radius 1 is 1.33 bits per heavy atom. The molecule has 1 aromatic rings. The van der Waals surface area contributed by atoms with Crippen LogP contribution in [0.1, 0.15) is 6.92 Å². The summed E-state index contributed by atoms with van der Waals surface area (Å²) in [4.78, 5) is 10.2. The van der Waals surface area contributed by atoms with Gasteiger partial charge in [-0.25, -0.2) is 14.4 Å². The summed E-state index contributed by atoms with van der Waals surface area (Å²) in [5.41, 5.74) is 3.01. The third kappa shape index (κ3) is 3.27. The first-order valence-corrected chi connectivity index (χ1v) is 6.15. The molecular weight excluding hydrogens is 235 g/mol. The minimum Gasteiger partial charge on any atom is -0.354 e. The van der Waals surface area contributed by atoms with Crippen molar-refractivity contribution in [3.63, 3.8) is 0 Å². The quantitative estimate of drug-likeness (QED) is 0.821. The molecule has 0 saturated carbocycles. The van der Waals surface area contributed by atoms with Crippen molar-refractivity contribution in [1.29, 1.82) is 0 Å². The third-order valence-corrected chi connectivity index (χ3v) is 2.85. The number of hydrogen-bond donors (Lipinski definition) is 2. The number of nitrogens with zero attached hydrogens (tertiary/aromatic N) is 4. The Morgan fingerprint density at radius 3 is 2.72 bits per heavy atom. The lowest BCUT2D eigenvalue weighted by Crippen LogP contribution is -2.47. The highest BCUT2D eigenvalue weighted by Crippen LogP contribution is 2.13. The van der Waals surface area contributed by atoms with Crippen molar-refractivity contribution in [2.24, 2.45) is 0 Å². The van der Waals surface area contributed by atoms with Crippen LogP contribution in [0.25, 0.3) is 0 Å². The van der Waals surface area contributed by atoms with Crippen molar-refractivity contribution in [3.8, 4) is 0 Å². The number of nitrogens with one attached hydrogen (secondary N) is 2. The molecule has 0 aliphatic carbocycles. The van der Waals surface area contributed by atoms with Crippen molar-refractivity contribution >= 4 is 11.8 Å². The van der Waals surface area contributed by atoms with Crippen molar-refractivity contribution in [2.45, 2.75) is 6.92 Å². The maximum Gasteiger partial charge on any atom is 0.224 e. The highest BCUT2D eigenvalue weighted by atomic mass is 19.1. The summed E-state index contributed by atoms with van der Waals surface area (Å²) < 4.78 is 13.6. The second kappa shape index (κ2) is 5.92. The molecule has 1 aliphatic heterocycles. The topological polar surface area (TPSA) is 56.3 Å². The number of halogens is 1. The normalized spacial score (nSPS) is 17.7. The fraction of sp³-hybridized carbons (Fsp3) is 0.636. The average molecular weight is 254 g/mol. The van der Waals surface area contributed by atoms with E-state index >= 15 is 0 Å². The van der Waals surface area contributed by atoms with Gasteiger partial charge in [-0.2, -0.15) is 4.98 Å². The zero-order valence-corrected chi connectivity index (χ0v) is 10.8. The predicted molar refractivity (Wildman–Crippen MR) is 68.8 cm³/mol. The molecule has 0 radical (unpaired) electrons. The Bertz CT molecular complexity index is 391. The molecule has 1 fully saturated rings. The van der Waals surface area contributed by atoms with Crippen LogP contribution in [0.3, 0.4) is 0 Å². The van der Waals surface area contributed by atoms with Gasteiger partial charge in [0.05, 0.1) is 6.20 Å². The lowest BCUT2D eigenvalue weighted by molar-refractivity contribution is 0.178. The van der Waals surface area contributed by atoms with Gasteiger partial charge < -0.3 is 15.6 Å². The number of anilines is 2. The number of rotatable bonds is 4. The van der Waals surface area contributed by atoms with Crippen LogP contribution in [0.15, 0.2) is 6.20 Å². The molecule has 0 unspecified atom stereocenters. The van der Waals surface area contributed by atoms with Crippen molar-refractivity contribution in [3.05, 3.63) is 12.0 Å². The number of hydrogen-bond acceptors (Lipinski definition) is 6. The second-order valence-corrected chi connectivity index (χ2v) is 4.32. The van der Waals surface area contributed by atoms with Crippen LogP contribution in [0.2, 0.25) is 0 Å². The van der Waals surface area contributed by atoms with Gasteiger partial charge in [0.15, 0.2) is 11.6 Å². The van der Waals surface area contributed by atoms with Gasteiger partial charge in [0.1, 0.15) is 0 Å². The standard InChI is InChI=1S/C11H19FN6/c1-3-13-11-14-8-9(12)10(15-11)16-18-6-4-17(2)5-7-18/h8H,3-7H2,1-2H3,(H2,13,14,15,16). The Labute approximate surface area is 106 Å².